The van der Waals surface area contributed by atoms with Crippen LogP contribution in [0.15, 0.2) is 29.1 Å². The molecule has 0 spiro atoms. The van der Waals surface area contributed by atoms with E-state index >= 15 is 0 Å². The van der Waals surface area contributed by atoms with Crippen LogP contribution in [0.5, 0.6) is 5.75 Å². The lowest BCUT2D eigenvalue weighted by atomic mass is 9.80. The van der Waals surface area contributed by atoms with Crippen LogP contribution in [0.1, 0.15) is 27.7 Å². The highest BCUT2D eigenvalue weighted by atomic mass is 16.7. The highest BCUT2D eigenvalue weighted by Gasteiger charge is 2.51. The molecule has 1 aliphatic heterocycles. The molecule has 2 rings (SSSR count). The van der Waals surface area contributed by atoms with E-state index < -0.39 is 29.9 Å². The molecule has 112 valence electrons. The predicted octanol–water partition coefficient (Wildman–Crippen LogP) is 1.40. The number of hydrogen-bond acceptors (Lipinski definition) is 5. The Morgan fingerprint density at radius 2 is 1.76 bits per heavy atom. The van der Waals surface area contributed by atoms with Crippen LogP contribution in [0.4, 0.5) is 4.79 Å². The van der Waals surface area contributed by atoms with Gasteiger partial charge in [0.2, 0.25) is 5.43 Å². The summed E-state index contributed by atoms with van der Waals surface area (Å²) in [6.07, 6.45) is -1.54. The lowest BCUT2D eigenvalue weighted by molar-refractivity contribution is 0.00578. The molecule has 0 bridgehead atoms. The summed E-state index contributed by atoms with van der Waals surface area (Å²) in [5.74, 6) is -0.280. The SMILES string of the molecule is CC1(C)OB(c2cccc(=O)c(OC(=O)O)c2)OC1(C)C. The maximum Gasteiger partial charge on any atom is 0.511 e. The monoisotopic (exact) mass is 292 g/mol. The topological polar surface area (TPSA) is 82.1 Å². The van der Waals surface area contributed by atoms with Crippen molar-refractivity contribution in [2.24, 2.45) is 0 Å². The van der Waals surface area contributed by atoms with Crippen LogP contribution in [0.2, 0.25) is 0 Å². The zero-order valence-corrected chi connectivity index (χ0v) is 12.4. The van der Waals surface area contributed by atoms with Crippen molar-refractivity contribution in [2.45, 2.75) is 38.9 Å². The first-order valence-corrected chi connectivity index (χ1v) is 6.53. The lowest BCUT2D eigenvalue weighted by Crippen LogP contribution is -2.41. The van der Waals surface area contributed by atoms with E-state index in [0.29, 0.717) is 5.46 Å². The van der Waals surface area contributed by atoms with E-state index in [0.717, 1.165) is 0 Å². The zero-order chi connectivity index (χ0) is 15.8. The molecule has 1 N–H and O–H groups in total. The maximum absolute atomic E-state index is 11.7. The first kappa shape index (κ1) is 15.5. The van der Waals surface area contributed by atoms with Crippen LogP contribution in [0.3, 0.4) is 0 Å². The molecular formula is C14H17BO6. The van der Waals surface area contributed by atoms with Gasteiger partial charge in [0.1, 0.15) is 0 Å². The Bertz CT molecular complexity index is 609. The van der Waals surface area contributed by atoms with E-state index in [9.17, 15) is 9.59 Å². The van der Waals surface area contributed by atoms with E-state index in [1.165, 1.54) is 18.2 Å². The van der Waals surface area contributed by atoms with Gasteiger partial charge in [0.15, 0.2) is 5.75 Å². The van der Waals surface area contributed by atoms with Crippen molar-refractivity contribution in [3.8, 4) is 5.75 Å². The van der Waals surface area contributed by atoms with E-state index in [4.69, 9.17) is 14.4 Å². The Morgan fingerprint density at radius 1 is 1.19 bits per heavy atom. The molecule has 1 fully saturated rings. The van der Waals surface area contributed by atoms with Gasteiger partial charge in [0, 0.05) is 0 Å². The summed E-state index contributed by atoms with van der Waals surface area (Å²) in [6, 6.07) is 5.71. The van der Waals surface area contributed by atoms with Gasteiger partial charge in [-0.1, -0.05) is 12.1 Å². The van der Waals surface area contributed by atoms with Crippen LogP contribution < -0.4 is 15.6 Å². The van der Waals surface area contributed by atoms with E-state index in [1.54, 1.807) is 6.07 Å². The van der Waals surface area contributed by atoms with Gasteiger partial charge in [-0.3, -0.25) is 4.79 Å². The smallest absolute Gasteiger partial charge is 0.449 e. The third-order valence-corrected chi connectivity index (χ3v) is 3.80. The molecule has 21 heavy (non-hydrogen) atoms. The van der Waals surface area contributed by atoms with Crippen molar-refractivity contribution in [1.29, 1.82) is 0 Å². The molecular weight excluding hydrogens is 275 g/mol. The van der Waals surface area contributed by atoms with Crippen LogP contribution in [-0.2, 0) is 9.31 Å². The van der Waals surface area contributed by atoms with Crippen LogP contribution in [-0.4, -0.2) is 29.6 Å². The summed E-state index contributed by atoms with van der Waals surface area (Å²) in [5, 5.41) is 8.67. The summed E-state index contributed by atoms with van der Waals surface area (Å²) in [5.41, 5.74) is -1.06. The van der Waals surface area contributed by atoms with Gasteiger partial charge in [0.25, 0.3) is 0 Å². The second-order valence-corrected chi connectivity index (χ2v) is 5.85. The molecule has 1 heterocycles. The molecule has 1 saturated heterocycles. The average molecular weight is 292 g/mol. The molecule has 1 aromatic rings. The van der Waals surface area contributed by atoms with E-state index in [-0.39, 0.29) is 5.75 Å². The highest BCUT2D eigenvalue weighted by molar-refractivity contribution is 6.62. The van der Waals surface area contributed by atoms with Crippen molar-refractivity contribution in [1.82, 2.24) is 0 Å². The Balaban J connectivity index is 2.41. The van der Waals surface area contributed by atoms with E-state index in [1.807, 2.05) is 27.7 Å². The zero-order valence-electron chi connectivity index (χ0n) is 12.4. The summed E-state index contributed by atoms with van der Waals surface area (Å²) >= 11 is 0. The summed E-state index contributed by atoms with van der Waals surface area (Å²) in [4.78, 5) is 22.3. The number of hydrogen-bond donors (Lipinski definition) is 1. The Morgan fingerprint density at radius 3 is 2.29 bits per heavy atom. The summed E-state index contributed by atoms with van der Waals surface area (Å²) in [7, 11) is -0.696. The molecule has 0 atom stereocenters. The maximum atomic E-state index is 11.7. The predicted molar refractivity (Wildman–Crippen MR) is 77.1 cm³/mol. The Kier molecular flexibility index (Phi) is 3.82. The molecule has 1 aliphatic rings. The largest absolute Gasteiger partial charge is 0.511 e. The molecule has 0 aromatic heterocycles. The Hall–Kier alpha value is -1.86. The summed E-state index contributed by atoms with van der Waals surface area (Å²) in [6.45, 7) is 7.63. The number of carboxylic acid groups (broad SMARTS) is 1. The number of ether oxygens (including phenoxy) is 1. The molecule has 0 amide bonds. The second-order valence-electron chi connectivity index (χ2n) is 5.85. The molecule has 1 aromatic carbocycles. The third-order valence-electron chi connectivity index (χ3n) is 3.80. The standard InChI is InChI=1S/C14H17BO6/c1-13(2)14(3,4)21-15(20-13)9-6-5-7-10(16)11(8-9)19-12(17)18/h5-8H,1-4H3,(H,17,18). The molecule has 0 aliphatic carbocycles. The van der Waals surface area contributed by atoms with Crippen molar-refractivity contribution >= 4 is 18.7 Å². The van der Waals surface area contributed by atoms with Crippen LogP contribution >= 0.6 is 0 Å². The van der Waals surface area contributed by atoms with Crippen LogP contribution in [0, 0.1) is 0 Å². The minimum Gasteiger partial charge on any atom is -0.449 e. The highest BCUT2D eigenvalue weighted by Crippen LogP contribution is 2.36. The average Bonchev–Trinajstić information content (AvgIpc) is 2.47. The third kappa shape index (κ3) is 3.09. The number of rotatable bonds is 2. The second kappa shape index (κ2) is 5.16. The normalized spacial score (nSPS) is 19.3. The van der Waals surface area contributed by atoms with Gasteiger partial charge < -0.3 is 19.2 Å². The molecule has 0 saturated carbocycles. The van der Waals surface area contributed by atoms with Gasteiger partial charge in [-0.25, -0.2) is 4.79 Å². The minimum atomic E-state index is -1.54. The van der Waals surface area contributed by atoms with Crippen LogP contribution in [0.25, 0.3) is 0 Å². The molecule has 0 unspecified atom stereocenters. The summed E-state index contributed by atoms with van der Waals surface area (Å²) < 4.78 is 16.2. The fourth-order valence-electron chi connectivity index (χ4n) is 1.90. The molecule has 0 radical (unpaired) electrons. The van der Waals surface area contributed by atoms with Crippen molar-refractivity contribution in [3.63, 3.8) is 0 Å². The van der Waals surface area contributed by atoms with Gasteiger partial charge in [-0.15, -0.1) is 0 Å². The van der Waals surface area contributed by atoms with Gasteiger partial charge in [-0.2, -0.15) is 0 Å². The van der Waals surface area contributed by atoms with Crippen molar-refractivity contribution < 1.29 is 23.9 Å². The fraction of sp³-hybridized carbons (Fsp3) is 0.429. The van der Waals surface area contributed by atoms with E-state index in [2.05, 4.69) is 4.74 Å². The van der Waals surface area contributed by atoms with Crippen molar-refractivity contribution in [3.05, 3.63) is 34.5 Å². The van der Waals surface area contributed by atoms with Gasteiger partial charge >= 0.3 is 13.3 Å². The lowest BCUT2D eigenvalue weighted by Gasteiger charge is -2.32. The number of carbonyl (C=O) groups is 1. The first-order valence-electron chi connectivity index (χ1n) is 6.53. The Labute approximate surface area is 122 Å². The fourth-order valence-corrected chi connectivity index (χ4v) is 1.90. The van der Waals surface area contributed by atoms with Gasteiger partial charge in [0.05, 0.1) is 11.2 Å². The quantitative estimate of drug-likeness (QED) is 0.655. The first-order chi connectivity index (χ1) is 9.62. The molecule has 7 heteroatoms. The molecule has 6 nitrogen and oxygen atoms in total. The van der Waals surface area contributed by atoms with Crippen molar-refractivity contribution in [2.75, 3.05) is 0 Å². The minimum absolute atomic E-state index is 0.280. The van der Waals surface area contributed by atoms with Gasteiger partial charge in [-0.05, 0) is 45.3 Å².